The van der Waals surface area contributed by atoms with Gasteiger partial charge in [-0.2, -0.15) is 0 Å². The number of amides is 2. The molecule has 1 aliphatic heterocycles. The molecule has 0 unspecified atom stereocenters. The molecule has 0 radical (unpaired) electrons. The van der Waals surface area contributed by atoms with E-state index in [0.29, 0.717) is 37.0 Å². The van der Waals surface area contributed by atoms with Gasteiger partial charge in [0.15, 0.2) is 11.5 Å². The van der Waals surface area contributed by atoms with Crippen molar-refractivity contribution in [2.45, 2.75) is 58.7 Å². The minimum atomic E-state index is -0.601. The van der Waals surface area contributed by atoms with Gasteiger partial charge >= 0.3 is 0 Å². The average molecular weight is 459 g/mol. The Morgan fingerprint density at radius 2 is 1.81 bits per heavy atom. The predicted octanol–water partition coefficient (Wildman–Crippen LogP) is 4.38. The number of carbonyl (C=O) groups is 2. The van der Waals surface area contributed by atoms with E-state index in [9.17, 15) is 9.59 Å². The highest BCUT2D eigenvalue weighted by Crippen LogP contribution is 2.31. The van der Waals surface area contributed by atoms with Crippen LogP contribution in [0, 0.1) is 0 Å². The predicted molar refractivity (Wildman–Crippen MR) is 125 cm³/mol. The van der Waals surface area contributed by atoms with Crippen LogP contribution < -0.4 is 14.8 Å². The number of nitrogens with zero attached hydrogens (tertiary/aromatic N) is 1. The zero-order valence-electron chi connectivity index (χ0n) is 18.9. The number of halogens is 1. The minimum Gasteiger partial charge on any atom is -0.486 e. The summed E-state index contributed by atoms with van der Waals surface area (Å²) in [4.78, 5) is 27.7. The van der Waals surface area contributed by atoms with Gasteiger partial charge in [0.25, 0.3) is 0 Å². The molecule has 2 aromatic rings. The first-order valence-electron chi connectivity index (χ1n) is 11.1. The second kappa shape index (κ2) is 11.2. The Balaban J connectivity index is 1.72. The SMILES string of the molecule is CC[C@H](C)NC(=O)[C@H](C)N(Cc1cccc(Cl)c1)C(=O)CCc1ccc2c(c1)OCCO2. The van der Waals surface area contributed by atoms with Crippen LogP contribution in [0.4, 0.5) is 0 Å². The molecule has 7 heteroatoms. The van der Waals surface area contributed by atoms with Gasteiger partial charge in [0.2, 0.25) is 11.8 Å². The van der Waals surface area contributed by atoms with E-state index in [1.54, 1.807) is 17.9 Å². The van der Waals surface area contributed by atoms with Gasteiger partial charge in [-0.3, -0.25) is 9.59 Å². The van der Waals surface area contributed by atoms with E-state index in [-0.39, 0.29) is 24.3 Å². The lowest BCUT2D eigenvalue weighted by atomic mass is 10.1. The van der Waals surface area contributed by atoms with Gasteiger partial charge in [-0.1, -0.05) is 36.7 Å². The van der Waals surface area contributed by atoms with Crippen molar-refractivity contribution < 1.29 is 19.1 Å². The van der Waals surface area contributed by atoms with Crippen molar-refractivity contribution in [1.82, 2.24) is 10.2 Å². The third kappa shape index (κ3) is 6.39. The lowest BCUT2D eigenvalue weighted by Crippen LogP contribution is -2.49. The lowest BCUT2D eigenvalue weighted by Gasteiger charge is -2.30. The van der Waals surface area contributed by atoms with E-state index in [2.05, 4.69) is 5.32 Å². The van der Waals surface area contributed by atoms with E-state index in [0.717, 1.165) is 23.3 Å². The fraction of sp³-hybridized carbons (Fsp3) is 0.440. The van der Waals surface area contributed by atoms with Crippen LogP contribution >= 0.6 is 11.6 Å². The van der Waals surface area contributed by atoms with Crippen LogP contribution in [0.3, 0.4) is 0 Å². The minimum absolute atomic E-state index is 0.0470. The second-order valence-electron chi connectivity index (χ2n) is 8.12. The molecule has 0 aromatic heterocycles. The maximum Gasteiger partial charge on any atom is 0.242 e. The summed E-state index contributed by atoms with van der Waals surface area (Å²) in [6, 6.07) is 12.6. The van der Waals surface area contributed by atoms with Crippen LogP contribution in [-0.4, -0.2) is 42.0 Å². The molecule has 0 saturated heterocycles. The fourth-order valence-corrected chi connectivity index (χ4v) is 3.73. The highest BCUT2D eigenvalue weighted by atomic mass is 35.5. The van der Waals surface area contributed by atoms with Crippen LogP contribution in [-0.2, 0) is 22.6 Å². The van der Waals surface area contributed by atoms with Gasteiger partial charge in [0, 0.05) is 24.0 Å². The molecule has 1 aliphatic rings. The number of hydrogen-bond donors (Lipinski definition) is 1. The van der Waals surface area contributed by atoms with Crippen LogP contribution in [0.25, 0.3) is 0 Å². The van der Waals surface area contributed by atoms with Crippen LogP contribution in [0.5, 0.6) is 11.5 Å². The fourth-order valence-electron chi connectivity index (χ4n) is 3.52. The second-order valence-corrected chi connectivity index (χ2v) is 8.56. The topological polar surface area (TPSA) is 67.9 Å². The third-order valence-corrected chi connectivity index (χ3v) is 5.88. The molecule has 0 saturated carbocycles. The Morgan fingerprint density at radius 3 is 2.53 bits per heavy atom. The smallest absolute Gasteiger partial charge is 0.242 e. The molecule has 32 heavy (non-hydrogen) atoms. The Bertz CT molecular complexity index is 949. The van der Waals surface area contributed by atoms with Crippen molar-refractivity contribution in [3.8, 4) is 11.5 Å². The summed E-state index contributed by atoms with van der Waals surface area (Å²) in [6.45, 7) is 7.11. The van der Waals surface area contributed by atoms with Gasteiger partial charge in [0.05, 0.1) is 0 Å². The monoisotopic (exact) mass is 458 g/mol. The maximum absolute atomic E-state index is 13.3. The highest BCUT2D eigenvalue weighted by Gasteiger charge is 2.26. The van der Waals surface area contributed by atoms with E-state index in [4.69, 9.17) is 21.1 Å². The number of ether oxygens (including phenoxy) is 2. The van der Waals surface area contributed by atoms with Gasteiger partial charge in [-0.05, 0) is 62.1 Å². The third-order valence-electron chi connectivity index (χ3n) is 5.64. The number of benzene rings is 2. The summed E-state index contributed by atoms with van der Waals surface area (Å²) in [5, 5.41) is 3.58. The molecule has 1 N–H and O–H groups in total. The molecular weight excluding hydrogens is 428 g/mol. The summed E-state index contributed by atoms with van der Waals surface area (Å²) in [5.41, 5.74) is 1.87. The normalized spacial score (nSPS) is 14.4. The molecule has 2 atom stereocenters. The molecule has 6 nitrogen and oxygen atoms in total. The summed E-state index contributed by atoms with van der Waals surface area (Å²) >= 11 is 6.13. The average Bonchev–Trinajstić information content (AvgIpc) is 2.80. The Kier molecular flexibility index (Phi) is 8.39. The Hall–Kier alpha value is -2.73. The van der Waals surface area contributed by atoms with Crippen molar-refractivity contribution in [3.05, 3.63) is 58.6 Å². The molecule has 3 rings (SSSR count). The van der Waals surface area contributed by atoms with Gasteiger partial charge < -0.3 is 19.7 Å². The Labute approximate surface area is 194 Å². The maximum atomic E-state index is 13.3. The zero-order valence-corrected chi connectivity index (χ0v) is 19.7. The first-order chi connectivity index (χ1) is 15.4. The van der Waals surface area contributed by atoms with Crippen molar-refractivity contribution in [2.75, 3.05) is 13.2 Å². The van der Waals surface area contributed by atoms with Crippen LogP contribution in [0.2, 0.25) is 5.02 Å². The first kappa shape index (κ1) is 23.9. The summed E-state index contributed by atoms with van der Waals surface area (Å²) in [7, 11) is 0. The standard InChI is InChI=1S/C25H31ClN2O4/c1-4-17(2)27-25(30)18(3)28(16-20-6-5-7-21(26)14-20)24(29)11-9-19-8-10-22-23(15-19)32-13-12-31-22/h5-8,10,14-15,17-18H,4,9,11-13,16H2,1-3H3,(H,27,30)/t17-,18-/m0/s1. The molecular formula is C25H31ClN2O4. The van der Waals surface area contributed by atoms with Crippen LogP contribution in [0.15, 0.2) is 42.5 Å². The van der Waals surface area contributed by atoms with Crippen molar-refractivity contribution >= 4 is 23.4 Å². The molecule has 0 spiro atoms. The van der Waals surface area contributed by atoms with Gasteiger partial charge in [-0.25, -0.2) is 0 Å². The zero-order chi connectivity index (χ0) is 23.1. The highest BCUT2D eigenvalue weighted by molar-refractivity contribution is 6.30. The number of hydrogen-bond acceptors (Lipinski definition) is 4. The number of aryl methyl sites for hydroxylation is 1. The molecule has 0 aliphatic carbocycles. The largest absolute Gasteiger partial charge is 0.486 e. The van der Waals surface area contributed by atoms with Crippen molar-refractivity contribution in [1.29, 1.82) is 0 Å². The van der Waals surface area contributed by atoms with E-state index < -0.39 is 6.04 Å². The summed E-state index contributed by atoms with van der Waals surface area (Å²) in [6.07, 6.45) is 1.65. The molecule has 172 valence electrons. The Morgan fingerprint density at radius 1 is 1.06 bits per heavy atom. The number of carbonyl (C=O) groups excluding carboxylic acids is 2. The summed E-state index contributed by atoms with van der Waals surface area (Å²) < 4.78 is 11.2. The summed E-state index contributed by atoms with van der Waals surface area (Å²) in [5.74, 6) is 1.18. The van der Waals surface area contributed by atoms with Gasteiger partial charge in [-0.15, -0.1) is 0 Å². The van der Waals surface area contributed by atoms with Crippen LogP contribution in [0.1, 0.15) is 44.7 Å². The molecule has 0 bridgehead atoms. The number of nitrogens with one attached hydrogen (secondary N) is 1. The first-order valence-corrected chi connectivity index (χ1v) is 11.5. The van der Waals surface area contributed by atoms with E-state index in [1.165, 1.54) is 0 Å². The molecule has 2 aromatic carbocycles. The molecule has 2 amide bonds. The van der Waals surface area contributed by atoms with E-state index >= 15 is 0 Å². The quantitative estimate of drug-likeness (QED) is 0.605. The number of fused-ring (bicyclic) bond motifs is 1. The van der Waals surface area contributed by atoms with Crippen molar-refractivity contribution in [2.24, 2.45) is 0 Å². The van der Waals surface area contributed by atoms with Gasteiger partial charge in [0.1, 0.15) is 19.3 Å². The molecule has 1 heterocycles. The number of rotatable bonds is 9. The molecule has 0 fully saturated rings. The van der Waals surface area contributed by atoms with Crippen molar-refractivity contribution in [3.63, 3.8) is 0 Å². The lowest BCUT2D eigenvalue weighted by molar-refractivity contribution is -0.140. The van der Waals surface area contributed by atoms with E-state index in [1.807, 2.05) is 50.2 Å².